The number of ketones is 2. The van der Waals surface area contributed by atoms with Gasteiger partial charge in [-0.15, -0.1) is 0 Å². The van der Waals surface area contributed by atoms with Crippen LogP contribution in [0, 0.1) is 5.92 Å². The molecule has 0 fully saturated rings. The number of nitrogens with one attached hydrogen (secondary N) is 1. The first-order valence-electron chi connectivity index (χ1n) is 11.4. The molecule has 8 heteroatoms. The highest BCUT2D eigenvalue weighted by atomic mass is 16.5. The van der Waals surface area contributed by atoms with Gasteiger partial charge < -0.3 is 15.8 Å². The van der Waals surface area contributed by atoms with Crippen LogP contribution in [0.2, 0.25) is 0 Å². The minimum Gasteiger partial charge on any atom is -0.453 e. The van der Waals surface area contributed by atoms with E-state index in [4.69, 9.17) is 10.5 Å². The summed E-state index contributed by atoms with van der Waals surface area (Å²) >= 11 is 0. The third-order valence-corrected chi connectivity index (χ3v) is 6.29. The largest absolute Gasteiger partial charge is 0.453 e. The second kappa shape index (κ2) is 9.50. The van der Waals surface area contributed by atoms with Crippen LogP contribution >= 0.6 is 0 Å². The van der Waals surface area contributed by atoms with Gasteiger partial charge in [-0.2, -0.15) is 0 Å². The summed E-state index contributed by atoms with van der Waals surface area (Å²) in [5.74, 6) is -6.09. The second-order valence-electron chi connectivity index (χ2n) is 8.55. The molecule has 1 aliphatic heterocycles. The summed E-state index contributed by atoms with van der Waals surface area (Å²) in [6, 6.07) is 24.6. The summed E-state index contributed by atoms with van der Waals surface area (Å²) in [6.45, 7) is 0. The van der Waals surface area contributed by atoms with Crippen molar-refractivity contribution in [2.75, 3.05) is 5.32 Å². The number of carbonyl (C=O) groups excluding carboxylic acids is 5. The predicted octanol–water partition coefficient (Wildman–Crippen LogP) is 3.86. The van der Waals surface area contributed by atoms with Crippen molar-refractivity contribution in [2.45, 2.75) is 6.10 Å². The van der Waals surface area contributed by atoms with E-state index in [1.165, 1.54) is 18.2 Å². The van der Waals surface area contributed by atoms with Crippen molar-refractivity contribution in [1.82, 2.24) is 0 Å². The fourth-order valence-corrected chi connectivity index (χ4v) is 4.47. The number of fused-ring (bicyclic) bond motifs is 2. The summed E-state index contributed by atoms with van der Waals surface area (Å²) < 4.78 is 5.47. The maximum absolute atomic E-state index is 13.8. The van der Waals surface area contributed by atoms with Gasteiger partial charge in [-0.3, -0.25) is 19.2 Å². The second-order valence-corrected chi connectivity index (χ2v) is 8.55. The molecule has 1 aliphatic rings. The Balaban J connectivity index is 1.55. The van der Waals surface area contributed by atoms with Crippen molar-refractivity contribution in [1.29, 1.82) is 0 Å². The number of nitrogens with two attached hydrogens (primary N) is 1. The van der Waals surface area contributed by atoms with Crippen LogP contribution in [0.5, 0.6) is 0 Å². The van der Waals surface area contributed by atoms with Gasteiger partial charge in [-0.25, -0.2) is 4.79 Å². The van der Waals surface area contributed by atoms with Gasteiger partial charge in [-0.1, -0.05) is 66.7 Å². The number of hydrogen-bond acceptors (Lipinski definition) is 6. The molecule has 1 heterocycles. The lowest BCUT2D eigenvalue weighted by molar-refractivity contribution is -0.138. The van der Waals surface area contributed by atoms with Gasteiger partial charge in [0.1, 0.15) is 12.0 Å². The SMILES string of the molecule is NC(=O)c1ccccc1NC(=O)C(=O)[C@@H](C(=O)c1ccc2ccccc2c1)[C@H]1OC(=O)c2ccccc21. The number of rotatable bonds is 7. The number of esters is 1. The van der Waals surface area contributed by atoms with Crippen LogP contribution in [-0.2, 0) is 14.3 Å². The molecule has 8 nitrogen and oxygen atoms in total. The van der Waals surface area contributed by atoms with E-state index < -0.39 is 41.4 Å². The number of amides is 2. The van der Waals surface area contributed by atoms with Gasteiger partial charge in [-0.05, 0) is 35.0 Å². The fourth-order valence-electron chi connectivity index (χ4n) is 4.47. The molecule has 37 heavy (non-hydrogen) atoms. The van der Waals surface area contributed by atoms with E-state index in [2.05, 4.69) is 5.32 Å². The first-order valence-corrected chi connectivity index (χ1v) is 11.4. The monoisotopic (exact) mass is 492 g/mol. The van der Waals surface area contributed by atoms with E-state index in [1.807, 2.05) is 24.3 Å². The molecule has 2 atom stereocenters. The summed E-state index contributed by atoms with van der Waals surface area (Å²) in [5, 5.41) is 4.04. The van der Waals surface area contributed by atoms with E-state index in [-0.39, 0.29) is 22.4 Å². The van der Waals surface area contributed by atoms with Gasteiger partial charge >= 0.3 is 5.97 Å². The lowest BCUT2D eigenvalue weighted by atomic mass is 9.84. The maximum Gasteiger partial charge on any atom is 0.339 e. The van der Waals surface area contributed by atoms with Crippen LogP contribution in [0.1, 0.15) is 42.7 Å². The van der Waals surface area contributed by atoms with Crippen LogP contribution in [0.15, 0.2) is 91.0 Å². The van der Waals surface area contributed by atoms with Crippen molar-refractivity contribution in [3.8, 4) is 0 Å². The number of ether oxygens (including phenoxy) is 1. The molecule has 0 saturated heterocycles. The number of para-hydroxylation sites is 1. The van der Waals surface area contributed by atoms with Gasteiger partial charge in [0, 0.05) is 11.1 Å². The summed E-state index contributed by atoms with van der Waals surface area (Å²) in [7, 11) is 0. The Labute approximate surface area is 211 Å². The van der Waals surface area contributed by atoms with Crippen molar-refractivity contribution < 1.29 is 28.7 Å². The molecule has 0 radical (unpaired) electrons. The highest BCUT2D eigenvalue weighted by molar-refractivity contribution is 6.45. The van der Waals surface area contributed by atoms with Crippen molar-refractivity contribution in [3.05, 3.63) is 113 Å². The summed E-state index contributed by atoms with van der Waals surface area (Å²) in [5.41, 5.74) is 6.14. The smallest absolute Gasteiger partial charge is 0.339 e. The molecule has 4 aromatic rings. The van der Waals surface area contributed by atoms with Crippen molar-refractivity contribution in [3.63, 3.8) is 0 Å². The summed E-state index contributed by atoms with van der Waals surface area (Å²) in [6.07, 6.45) is -1.30. The third-order valence-electron chi connectivity index (χ3n) is 6.29. The highest BCUT2D eigenvalue weighted by Crippen LogP contribution is 2.38. The van der Waals surface area contributed by atoms with Crippen LogP contribution in [0.4, 0.5) is 5.69 Å². The van der Waals surface area contributed by atoms with E-state index in [0.717, 1.165) is 10.8 Å². The topological polar surface area (TPSA) is 133 Å². The molecule has 182 valence electrons. The van der Waals surface area contributed by atoms with Gasteiger partial charge in [0.05, 0.1) is 16.8 Å². The zero-order valence-electron chi connectivity index (χ0n) is 19.3. The minimum absolute atomic E-state index is 0.00121. The van der Waals surface area contributed by atoms with Crippen LogP contribution in [-0.4, -0.2) is 29.4 Å². The molecule has 0 spiro atoms. The molecule has 0 unspecified atom stereocenters. The predicted molar refractivity (Wildman–Crippen MR) is 135 cm³/mol. The molecule has 0 aliphatic carbocycles. The first-order chi connectivity index (χ1) is 17.8. The first kappa shape index (κ1) is 23.6. The zero-order valence-corrected chi connectivity index (χ0v) is 19.3. The molecular formula is C29H20N2O6. The van der Waals surface area contributed by atoms with E-state index in [9.17, 15) is 24.0 Å². The lowest BCUT2D eigenvalue weighted by Gasteiger charge is -2.21. The molecule has 0 bridgehead atoms. The third kappa shape index (κ3) is 4.36. The fraction of sp³-hybridized carbons (Fsp3) is 0.0690. The lowest BCUT2D eigenvalue weighted by Crippen LogP contribution is -2.38. The Morgan fingerprint density at radius 1 is 0.811 bits per heavy atom. The van der Waals surface area contributed by atoms with E-state index in [1.54, 1.807) is 48.5 Å². The maximum atomic E-state index is 13.8. The minimum atomic E-state index is -1.66. The number of benzene rings is 4. The van der Waals surface area contributed by atoms with E-state index in [0.29, 0.717) is 5.56 Å². The molecule has 2 amide bonds. The standard InChI is InChI=1S/C29H20N2O6/c30-27(34)21-11-5-6-12-22(21)31-28(35)25(33)23(26-19-9-3-4-10-20(19)29(36)37-26)24(32)18-14-13-16-7-1-2-8-17(16)15-18/h1-15,23,26H,(H2,30,34)(H,31,35)/t23-,26+/m1/s1. The Hall–Kier alpha value is -5.11. The summed E-state index contributed by atoms with van der Waals surface area (Å²) in [4.78, 5) is 64.8. The number of carbonyl (C=O) groups is 5. The number of hydrogen-bond donors (Lipinski definition) is 2. The van der Waals surface area contributed by atoms with Gasteiger partial charge in [0.15, 0.2) is 5.78 Å². The average molecular weight is 492 g/mol. The zero-order chi connectivity index (χ0) is 26.1. The quantitative estimate of drug-likeness (QED) is 0.174. The number of primary amides is 1. The number of anilines is 1. The average Bonchev–Trinajstić information content (AvgIpc) is 3.24. The highest BCUT2D eigenvalue weighted by Gasteiger charge is 2.46. The number of cyclic esters (lactones) is 1. The molecule has 4 aromatic carbocycles. The van der Waals surface area contributed by atoms with Gasteiger partial charge in [0.2, 0.25) is 5.78 Å². The van der Waals surface area contributed by atoms with Crippen LogP contribution in [0.25, 0.3) is 10.8 Å². The number of Topliss-reactive ketones (excluding diaryl/α,β-unsaturated/α-hetero) is 2. The van der Waals surface area contributed by atoms with Crippen LogP contribution in [0.3, 0.4) is 0 Å². The van der Waals surface area contributed by atoms with Crippen LogP contribution < -0.4 is 11.1 Å². The Morgan fingerprint density at radius 3 is 2.27 bits per heavy atom. The molecule has 0 saturated carbocycles. The Kier molecular flexibility index (Phi) is 6.07. The Morgan fingerprint density at radius 2 is 1.49 bits per heavy atom. The molecule has 3 N–H and O–H groups in total. The van der Waals surface area contributed by atoms with E-state index >= 15 is 0 Å². The molecule has 0 aromatic heterocycles. The van der Waals surface area contributed by atoms with Crippen molar-refractivity contribution in [2.24, 2.45) is 11.7 Å². The molecular weight excluding hydrogens is 472 g/mol. The van der Waals surface area contributed by atoms with Gasteiger partial charge in [0.25, 0.3) is 11.8 Å². The Bertz CT molecular complexity index is 1610. The molecule has 5 rings (SSSR count). The normalized spacial score (nSPS) is 14.9. The van der Waals surface area contributed by atoms with Crippen molar-refractivity contribution >= 4 is 45.8 Å².